The van der Waals surface area contributed by atoms with Gasteiger partial charge in [0.1, 0.15) is 0 Å². The molecule has 0 N–H and O–H groups in total. The normalized spacial score (nSPS) is 16.7. The van der Waals surface area contributed by atoms with Crippen molar-refractivity contribution in [2.24, 2.45) is 20.6 Å². The molecule has 0 bridgehead atoms. The molecule has 1 aromatic rings. The van der Waals surface area contributed by atoms with Gasteiger partial charge in [-0.1, -0.05) is 18.6 Å². The Bertz CT molecular complexity index is 528. The third-order valence-corrected chi connectivity index (χ3v) is 3.19. The Morgan fingerprint density at radius 2 is 1.21 bits per heavy atom. The van der Waals surface area contributed by atoms with E-state index >= 15 is 0 Å². The van der Waals surface area contributed by atoms with E-state index < -0.39 is 0 Å². The van der Waals surface area contributed by atoms with Gasteiger partial charge < -0.3 is 53.1 Å². The van der Waals surface area contributed by atoms with Crippen molar-refractivity contribution in [2.75, 3.05) is 6.61 Å². The molecule has 1 atom stereocenters. The van der Waals surface area contributed by atoms with Gasteiger partial charge in [-0.15, -0.1) is 0 Å². The van der Waals surface area contributed by atoms with Crippen molar-refractivity contribution in [3.63, 3.8) is 0 Å². The van der Waals surface area contributed by atoms with Crippen LogP contribution in [0.2, 0.25) is 0 Å². The number of rotatable bonds is 2. The summed E-state index contributed by atoms with van der Waals surface area (Å²) >= 11 is 0. The average Bonchev–Trinajstić information content (AvgIpc) is 3.24. The maximum atomic E-state index is 9.60. The molecule has 0 aliphatic carbocycles. The van der Waals surface area contributed by atoms with E-state index in [1.165, 1.54) is 34.1 Å². The zero-order valence-electron chi connectivity index (χ0n) is 16.9. The summed E-state index contributed by atoms with van der Waals surface area (Å²) in [4.78, 5) is 3.78. The smallest absolute Gasteiger partial charge is 0.0465 e. The van der Waals surface area contributed by atoms with Gasteiger partial charge in [0, 0.05) is 58.6 Å². The van der Waals surface area contributed by atoms with Crippen molar-refractivity contribution in [2.45, 2.75) is 46.6 Å². The Morgan fingerprint density at radius 1 is 0.828 bits per heavy atom. The van der Waals surface area contributed by atoms with Crippen molar-refractivity contribution in [3.05, 3.63) is 58.3 Å². The second-order valence-corrected chi connectivity index (χ2v) is 5.37. The molecule has 10 nitrogen and oxygen atoms in total. The van der Waals surface area contributed by atoms with Gasteiger partial charge >= 0.3 is 0 Å². The van der Waals surface area contributed by atoms with Crippen molar-refractivity contribution in [1.29, 1.82) is 0 Å². The molecule has 167 valence electrons. The van der Waals surface area contributed by atoms with Crippen molar-refractivity contribution < 1.29 is 21.5 Å². The number of hydrogen-bond acceptors (Lipinski definition) is 10. The van der Waals surface area contributed by atoms with E-state index in [0.717, 1.165) is 13.0 Å². The number of pyridine rings is 1. The van der Waals surface area contributed by atoms with Gasteiger partial charge in [-0.3, -0.25) is 4.98 Å². The maximum Gasteiger partial charge on any atom is 0.0465 e. The van der Waals surface area contributed by atoms with Crippen LogP contribution in [0.4, 0.5) is 0 Å². The summed E-state index contributed by atoms with van der Waals surface area (Å²) < 4.78 is 5.04. The molecule has 2 rings (SSSR count). The van der Waals surface area contributed by atoms with Crippen LogP contribution >= 0.6 is 0 Å². The van der Waals surface area contributed by atoms with Gasteiger partial charge in [0.25, 0.3) is 0 Å². The molecular formula is C18H26CoN5O5-5. The molecule has 11 heteroatoms. The summed E-state index contributed by atoms with van der Waals surface area (Å²) in [7, 11) is 0. The molecule has 1 aromatic heterocycles. The minimum atomic E-state index is 0. The Morgan fingerprint density at radius 3 is 1.31 bits per heavy atom. The molecule has 1 fully saturated rings. The predicted molar refractivity (Wildman–Crippen MR) is 114 cm³/mol. The van der Waals surface area contributed by atoms with E-state index in [4.69, 9.17) is 4.74 Å². The van der Waals surface area contributed by atoms with Crippen molar-refractivity contribution in [3.8, 4) is 0 Å². The molecule has 1 aliphatic rings. The van der Waals surface area contributed by atoms with Crippen molar-refractivity contribution >= 4 is 22.8 Å². The fourth-order valence-corrected chi connectivity index (χ4v) is 1.22. The Labute approximate surface area is 181 Å². The molecule has 0 saturated carbocycles. The van der Waals surface area contributed by atoms with Gasteiger partial charge in [0.15, 0.2) is 0 Å². The van der Waals surface area contributed by atoms with Gasteiger partial charge in [-0.25, -0.2) is 0 Å². The molecule has 1 radical (unpaired) electrons. The van der Waals surface area contributed by atoms with Crippen LogP contribution in [0.1, 0.15) is 40.5 Å². The molecule has 1 aliphatic heterocycles. The minimum Gasteiger partial charge on any atom is -0.792 e. The third-order valence-electron chi connectivity index (χ3n) is 3.19. The Balaban J connectivity index is -0.000000309. The molecule has 0 spiro atoms. The van der Waals surface area contributed by atoms with Crippen LogP contribution in [0, 0.1) is 27.8 Å². The van der Waals surface area contributed by atoms with E-state index in [9.17, 15) is 20.8 Å². The van der Waals surface area contributed by atoms with Crippen LogP contribution in [0.25, 0.3) is 0 Å². The van der Waals surface area contributed by atoms with Gasteiger partial charge in [-0.2, -0.15) is 0 Å². The quantitative estimate of drug-likeness (QED) is 0.376. The largest absolute Gasteiger partial charge is 0.792 e. The first-order valence-corrected chi connectivity index (χ1v) is 8.32. The summed E-state index contributed by atoms with van der Waals surface area (Å²) in [6.45, 7) is 10.4. The van der Waals surface area contributed by atoms with Crippen LogP contribution in [-0.4, -0.2) is 40.5 Å². The summed E-state index contributed by atoms with van der Waals surface area (Å²) in [6.07, 6.45) is 6.15. The summed E-state index contributed by atoms with van der Waals surface area (Å²) in [6, 6.07) is 5.72. The second-order valence-electron chi connectivity index (χ2n) is 5.37. The van der Waals surface area contributed by atoms with E-state index in [-0.39, 0.29) is 39.6 Å². The van der Waals surface area contributed by atoms with Gasteiger partial charge in [-0.05, 0) is 46.2 Å². The van der Waals surface area contributed by atoms with E-state index in [1.807, 2.05) is 18.2 Å². The van der Waals surface area contributed by atoms with E-state index in [0.29, 0.717) is 6.10 Å². The fourth-order valence-electron chi connectivity index (χ4n) is 1.22. The maximum absolute atomic E-state index is 9.60. The summed E-state index contributed by atoms with van der Waals surface area (Å²) in [5, 5.41) is 48.4. The fraction of sp³-hybridized carbons (Fsp3) is 0.444. The van der Waals surface area contributed by atoms with Crippen LogP contribution in [0.3, 0.4) is 0 Å². The number of hydrogen-bond donors (Lipinski definition) is 0. The minimum absolute atomic E-state index is 0. The van der Waals surface area contributed by atoms with Crippen LogP contribution < -0.4 is 0 Å². The Kier molecular flexibility index (Phi) is 23.4. The predicted octanol–water partition coefficient (Wildman–Crippen LogP) is 3.89. The van der Waals surface area contributed by atoms with Crippen LogP contribution in [-0.2, 0) is 21.5 Å². The number of nitrogens with zero attached hydrogens (tertiary/aromatic N) is 5. The van der Waals surface area contributed by atoms with Crippen LogP contribution in [0.15, 0.2) is 51.2 Å². The van der Waals surface area contributed by atoms with Crippen molar-refractivity contribution in [1.82, 2.24) is 4.98 Å². The average molecular weight is 451 g/mol. The summed E-state index contributed by atoms with van der Waals surface area (Å²) in [5.74, 6) is 0. The molecule has 0 amide bonds. The molecule has 2 heterocycles. The van der Waals surface area contributed by atoms with E-state index in [1.54, 1.807) is 12.4 Å². The molecule has 1 unspecified atom stereocenters. The zero-order chi connectivity index (χ0) is 21.8. The number of aromatic nitrogens is 1. The molecule has 29 heavy (non-hydrogen) atoms. The number of ether oxygens (including phenoxy) is 1. The van der Waals surface area contributed by atoms with Crippen LogP contribution in [0.5, 0.6) is 0 Å². The Hall–Kier alpha value is -2.50. The topological polar surface area (TPSA) is 164 Å². The first-order chi connectivity index (χ1) is 13.3. The van der Waals surface area contributed by atoms with Gasteiger partial charge in [0.2, 0.25) is 0 Å². The molecular weight excluding hydrogens is 425 g/mol. The van der Waals surface area contributed by atoms with E-state index in [2.05, 4.69) is 32.5 Å². The zero-order valence-corrected chi connectivity index (χ0v) is 17.9. The monoisotopic (exact) mass is 451 g/mol. The second kappa shape index (κ2) is 21.8. The third kappa shape index (κ3) is 20.0. The standard InChI is InChI=1S/C5H5N.C5H9O.2C4H8N2O2.Co/c1-2-4-6-5-3-1;1-5-3-2-4-6-5;2*1-3(5-7)4(2)6-8;/h1-5H;5H,1-4H2;2*7-8H,1-2H3;/q;-1;;;/p-4. The molecule has 1 saturated heterocycles. The first-order valence-electron chi connectivity index (χ1n) is 8.32. The summed E-state index contributed by atoms with van der Waals surface area (Å²) in [5.41, 5.74) is 0.556. The SMILES string of the molecule is CC(=N[O-])C(C)=N[O-].CC(=N[O-])C(C)=N[O-].[CH2-]C1CCCO1.[Co].c1ccncc1. The first kappa shape index (κ1) is 31.2. The molecule has 0 aromatic carbocycles. The van der Waals surface area contributed by atoms with Gasteiger partial charge in [0.05, 0.1) is 0 Å².